The first-order valence-corrected chi connectivity index (χ1v) is 10.8. The Labute approximate surface area is 178 Å². The Morgan fingerprint density at radius 1 is 1.00 bits per heavy atom. The van der Waals surface area contributed by atoms with Crippen LogP contribution in [0.2, 0.25) is 0 Å². The second-order valence-electron chi connectivity index (χ2n) is 7.05. The van der Waals surface area contributed by atoms with Crippen LogP contribution in [0.5, 0.6) is 0 Å². The number of amides is 1. The predicted molar refractivity (Wildman–Crippen MR) is 110 cm³/mol. The smallest absolute Gasteiger partial charge is 0.273 e. The molecule has 0 aromatic heterocycles. The van der Waals surface area contributed by atoms with E-state index in [0.717, 1.165) is 6.07 Å². The van der Waals surface area contributed by atoms with E-state index in [2.05, 4.69) is 0 Å². The van der Waals surface area contributed by atoms with Gasteiger partial charge < -0.3 is 4.90 Å². The van der Waals surface area contributed by atoms with Crippen molar-refractivity contribution < 1.29 is 23.1 Å². The zero-order valence-electron chi connectivity index (χ0n) is 16.6. The van der Waals surface area contributed by atoms with Crippen LogP contribution in [0.25, 0.3) is 0 Å². The number of hydrogen-bond donors (Lipinski definition) is 0. The van der Waals surface area contributed by atoms with Gasteiger partial charge in [-0.2, -0.15) is 4.31 Å². The number of carbonyl (C=O) groups excluding carboxylic acids is 1. The van der Waals surface area contributed by atoms with Gasteiger partial charge >= 0.3 is 0 Å². The zero-order chi connectivity index (χ0) is 22.8. The summed E-state index contributed by atoms with van der Waals surface area (Å²) >= 11 is 0. The molecule has 1 aliphatic heterocycles. The number of rotatable bonds is 6. The van der Waals surface area contributed by atoms with Crippen LogP contribution >= 0.6 is 0 Å². The van der Waals surface area contributed by atoms with Crippen molar-refractivity contribution in [2.75, 3.05) is 26.2 Å². The first kappa shape index (κ1) is 22.3. The first-order chi connectivity index (χ1) is 14.6. The summed E-state index contributed by atoms with van der Waals surface area (Å²) < 4.78 is 27.2. The third kappa shape index (κ3) is 4.70. The highest BCUT2D eigenvalue weighted by Gasteiger charge is 2.32. The number of nitro benzene ring substituents is 2. The lowest BCUT2D eigenvalue weighted by atomic mass is 10.1. The number of aryl methyl sites for hydroxylation is 1. The lowest BCUT2D eigenvalue weighted by Crippen LogP contribution is -2.51. The van der Waals surface area contributed by atoms with Crippen molar-refractivity contribution in [2.24, 2.45) is 0 Å². The molecule has 0 unspecified atom stereocenters. The average Bonchev–Trinajstić information content (AvgIpc) is 2.74. The molecule has 2 aromatic rings. The maximum absolute atomic E-state index is 13.0. The summed E-state index contributed by atoms with van der Waals surface area (Å²) in [6, 6.07) is 9.64. The molecule has 164 valence electrons. The van der Waals surface area contributed by atoms with E-state index in [-0.39, 0.29) is 54.8 Å². The van der Waals surface area contributed by atoms with Crippen molar-refractivity contribution in [1.29, 1.82) is 0 Å². The number of hydrogen-bond acceptors (Lipinski definition) is 7. The minimum atomic E-state index is -3.97. The summed E-state index contributed by atoms with van der Waals surface area (Å²) in [6.45, 7) is 1.84. The van der Waals surface area contributed by atoms with Gasteiger partial charge in [0.2, 0.25) is 15.9 Å². The fourth-order valence-corrected chi connectivity index (χ4v) is 5.08. The molecule has 31 heavy (non-hydrogen) atoms. The van der Waals surface area contributed by atoms with E-state index < -0.39 is 19.9 Å². The summed E-state index contributed by atoms with van der Waals surface area (Å²) in [6.07, 6.45) is -0.159. The molecule has 1 fully saturated rings. The number of carbonyl (C=O) groups is 1. The van der Waals surface area contributed by atoms with Crippen molar-refractivity contribution in [3.63, 3.8) is 0 Å². The Morgan fingerprint density at radius 3 is 2.26 bits per heavy atom. The Kier molecular flexibility index (Phi) is 6.32. The predicted octanol–water partition coefficient (Wildman–Crippen LogP) is 1.89. The largest absolute Gasteiger partial charge is 0.340 e. The molecular weight excluding hydrogens is 428 g/mol. The van der Waals surface area contributed by atoms with Crippen molar-refractivity contribution in [2.45, 2.75) is 18.2 Å². The molecule has 1 amide bonds. The van der Waals surface area contributed by atoms with E-state index in [4.69, 9.17) is 0 Å². The summed E-state index contributed by atoms with van der Waals surface area (Å²) in [5.74, 6) is -0.335. The van der Waals surface area contributed by atoms with E-state index in [1.165, 1.54) is 39.5 Å². The number of benzene rings is 2. The summed E-state index contributed by atoms with van der Waals surface area (Å²) in [7, 11) is -3.97. The third-order valence-electron chi connectivity index (χ3n) is 5.12. The topological polar surface area (TPSA) is 144 Å². The lowest BCUT2D eigenvalue weighted by molar-refractivity contribution is -0.385. The molecule has 0 spiro atoms. The van der Waals surface area contributed by atoms with E-state index >= 15 is 0 Å². The normalized spacial score (nSPS) is 14.9. The van der Waals surface area contributed by atoms with Gasteiger partial charge in [-0.3, -0.25) is 25.0 Å². The van der Waals surface area contributed by atoms with E-state index in [0.29, 0.717) is 11.1 Å². The van der Waals surface area contributed by atoms with Crippen LogP contribution in [-0.4, -0.2) is 59.6 Å². The monoisotopic (exact) mass is 448 g/mol. The van der Waals surface area contributed by atoms with Crippen molar-refractivity contribution in [3.05, 3.63) is 73.8 Å². The molecule has 0 saturated carbocycles. The van der Waals surface area contributed by atoms with Crippen LogP contribution < -0.4 is 0 Å². The summed E-state index contributed by atoms with van der Waals surface area (Å²) in [5.41, 5.74) is 0.223. The summed E-state index contributed by atoms with van der Waals surface area (Å²) in [5, 5.41) is 22.1. The third-order valence-corrected chi connectivity index (χ3v) is 7.16. The molecule has 0 N–H and O–H groups in total. The SMILES string of the molecule is Cc1ccc([N+](=O)[O-])cc1S(=O)(=O)N1CCN(C(=O)Cc2ccccc2[N+](=O)[O-])CC1. The number of nitrogens with zero attached hydrogens (tertiary/aromatic N) is 4. The Morgan fingerprint density at radius 2 is 1.65 bits per heavy atom. The van der Waals surface area contributed by atoms with Gasteiger partial charge in [0.15, 0.2) is 0 Å². The van der Waals surface area contributed by atoms with Crippen LogP contribution in [-0.2, 0) is 21.2 Å². The van der Waals surface area contributed by atoms with Gasteiger partial charge in [0, 0.05) is 49.9 Å². The number of nitro groups is 2. The molecule has 0 radical (unpaired) electrons. The van der Waals surface area contributed by atoms with E-state index in [1.54, 1.807) is 13.0 Å². The standard InChI is InChI=1S/C19H20N4O7S/c1-14-6-7-16(22(25)26)13-18(14)31(29,30)21-10-8-20(9-11-21)19(24)12-15-4-2-3-5-17(15)23(27)28/h2-7,13H,8-12H2,1H3. The van der Waals surface area contributed by atoms with Crippen LogP contribution in [0, 0.1) is 27.2 Å². The first-order valence-electron chi connectivity index (χ1n) is 9.36. The highest BCUT2D eigenvalue weighted by molar-refractivity contribution is 7.89. The molecule has 1 saturated heterocycles. The maximum atomic E-state index is 13.0. The maximum Gasteiger partial charge on any atom is 0.273 e. The van der Waals surface area contributed by atoms with Crippen LogP contribution in [0.1, 0.15) is 11.1 Å². The Hall–Kier alpha value is -3.38. The van der Waals surface area contributed by atoms with Gasteiger partial charge in [-0.05, 0) is 12.5 Å². The Balaban J connectivity index is 1.71. The van der Waals surface area contributed by atoms with Crippen molar-refractivity contribution >= 4 is 27.3 Å². The number of sulfonamides is 1. The van der Waals surface area contributed by atoms with Gasteiger partial charge in [0.1, 0.15) is 0 Å². The summed E-state index contributed by atoms with van der Waals surface area (Å²) in [4.78, 5) is 34.9. The molecule has 11 nitrogen and oxygen atoms in total. The molecule has 3 rings (SSSR count). The number of non-ortho nitro benzene ring substituents is 1. The highest BCUT2D eigenvalue weighted by atomic mass is 32.2. The van der Waals surface area contributed by atoms with Gasteiger partial charge in [-0.1, -0.05) is 24.3 Å². The van der Waals surface area contributed by atoms with Crippen LogP contribution in [0.15, 0.2) is 47.4 Å². The van der Waals surface area contributed by atoms with Gasteiger partial charge in [-0.25, -0.2) is 8.42 Å². The highest BCUT2D eigenvalue weighted by Crippen LogP contribution is 2.26. The lowest BCUT2D eigenvalue weighted by Gasteiger charge is -2.34. The van der Waals surface area contributed by atoms with Crippen molar-refractivity contribution in [3.8, 4) is 0 Å². The van der Waals surface area contributed by atoms with E-state index in [1.807, 2.05) is 0 Å². The molecule has 0 aliphatic carbocycles. The molecule has 1 aliphatic rings. The second-order valence-corrected chi connectivity index (χ2v) is 8.96. The molecule has 0 atom stereocenters. The number of para-hydroxylation sites is 1. The fourth-order valence-electron chi connectivity index (χ4n) is 3.41. The Bertz CT molecular complexity index is 1140. The minimum Gasteiger partial charge on any atom is -0.340 e. The quantitative estimate of drug-likeness (QED) is 0.485. The zero-order valence-corrected chi connectivity index (χ0v) is 17.4. The molecule has 2 aromatic carbocycles. The van der Waals surface area contributed by atoms with Gasteiger partial charge in [0.05, 0.1) is 21.2 Å². The molecular formula is C19H20N4O7S. The molecule has 12 heteroatoms. The molecule has 0 bridgehead atoms. The van der Waals surface area contributed by atoms with Gasteiger partial charge in [0.25, 0.3) is 11.4 Å². The van der Waals surface area contributed by atoms with Crippen molar-refractivity contribution in [1.82, 2.24) is 9.21 Å². The number of piperazine rings is 1. The van der Waals surface area contributed by atoms with Crippen LogP contribution in [0.3, 0.4) is 0 Å². The fraction of sp³-hybridized carbons (Fsp3) is 0.316. The molecule has 1 heterocycles. The van der Waals surface area contributed by atoms with Crippen LogP contribution in [0.4, 0.5) is 11.4 Å². The van der Waals surface area contributed by atoms with Gasteiger partial charge in [-0.15, -0.1) is 0 Å². The minimum absolute atomic E-state index is 0.0209. The second kappa shape index (κ2) is 8.78. The average molecular weight is 448 g/mol. The van der Waals surface area contributed by atoms with E-state index in [9.17, 15) is 33.4 Å².